The van der Waals surface area contributed by atoms with Gasteiger partial charge in [0.2, 0.25) is 0 Å². The molecule has 0 aliphatic rings. The molecule has 0 aliphatic heterocycles. The fourth-order valence-electron chi connectivity index (χ4n) is 2.21. The van der Waals surface area contributed by atoms with Crippen LogP contribution in [0, 0.1) is 13.8 Å². The fraction of sp³-hybridized carbons (Fsp3) is 0.429. The Morgan fingerprint density at radius 1 is 1.26 bits per heavy atom. The van der Waals surface area contributed by atoms with Crippen molar-refractivity contribution in [2.45, 2.75) is 20.4 Å². The smallest absolute Gasteiger partial charge is 0.331 e. The number of carbonyl (C=O) groups is 1. The summed E-state index contributed by atoms with van der Waals surface area (Å²) in [6, 6.07) is 1.14. The molecule has 9 heteroatoms. The van der Waals surface area contributed by atoms with Crippen LogP contribution in [0.1, 0.15) is 21.9 Å². The standard InChI is InChI=1S/C14H18ClN5O3/c1-8-12(15)9(2)20(17-8)6-5-16-13(22)10-7-11(21)19(4)14(23)18(10)3/h7H,5-6H2,1-4H3,(H,16,22). The van der Waals surface area contributed by atoms with E-state index in [-0.39, 0.29) is 5.69 Å². The number of hydrogen-bond acceptors (Lipinski definition) is 4. The van der Waals surface area contributed by atoms with Gasteiger partial charge in [0, 0.05) is 26.7 Å². The highest BCUT2D eigenvalue weighted by Gasteiger charge is 2.14. The average Bonchev–Trinajstić information content (AvgIpc) is 2.76. The van der Waals surface area contributed by atoms with E-state index in [1.54, 1.807) is 11.6 Å². The predicted octanol–water partition coefficient (Wildman–Crippen LogP) is -0.0193. The third-order valence-corrected chi connectivity index (χ3v) is 4.21. The van der Waals surface area contributed by atoms with Gasteiger partial charge in [-0.2, -0.15) is 5.10 Å². The van der Waals surface area contributed by atoms with Crippen LogP contribution >= 0.6 is 11.6 Å². The van der Waals surface area contributed by atoms with Crippen LogP contribution in [0.4, 0.5) is 0 Å². The molecule has 0 saturated carbocycles. The van der Waals surface area contributed by atoms with Crippen molar-refractivity contribution in [2.24, 2.45) is 14.1 Å². The van der Waals surface area contributed by atoms with Crippen molar-refractivity contribution in [1.82, 2.24) is 24.2 Å². The van der Waals surface area contributed by atoms with E-state index in [1.165, 1.54) is 14.1 Å². The lowest BCUT2D eigenvalue weighted by atomic mass is 10.3. The molecule has 23 heavy (non-hydrogen) atoms. The summed E-state index contributed by atoms with van der Waals surface area (Å²) in [5, 5.41) is 7.53. The summed E-state index contributed by atoms with van der Waals surface area (Å²) in [5.74, 6) is -0.491. The molecule has 0 bridgehead atoms. The first-order valence-electron chi connectivity index (χ1n) is 6.98. The maximum absolute atomic E-state index is 12.2. The van der Waals surface area contributed by atoms with Crippen molar-refractivity contribution in [3.63, 3.8) is 0 Å². The highest BCUT2D eigenvalue weighted by molar-refractivity contribution is 6.31. The first-order chi connectivity index (χ1) is 10.7. The summed E-state index contributed by atoms with van der Waals surface area (Å²) in [4.78, 5) is 35.6. The molecule has 1 amide bonds. The lowest BCUT2D eigenvalue weighted by Crippen LogP contribution is -2.41. The lowest BCUT2D eigenvalue weighted by Gasteiger charge is -2.10. The normalized spacial score (nSPS) is 10.8. The Morgan fingerprint density at radius 2 is 1.91 bits per heavy atom. The van der Waals surface area contributed by atoms with Crippen molar-refractivity contribution in [1.29, 1.82) is 0 Å². The van der Waals surface area contributed by atoms with Gasteiger partial charge in [-0.3, -0.25) is 23.4 Å². The van der Waals surface area contributed by atoms with Crippen LogP contribution < -0.4 is 16.6 Å². The zero-order chi connectivity index (χ0) is 17.3. The molecular weight excluding hydrogens is 322 g/mol. The number of nitrogens with zero attached hydrogens (tertiary/aromatic N) is 4. The van der Waals surface area contributed by atoms with E-state index >= 15 is 0 Å². The molecular formula is C14H18ClN5O3. The van der Waals surface area contributed by atoms with Gasteiger partial charge in [-0.05, 0) is 13.8 Å². The Bertz CT molecular complexity index is 878. The van der Waals surface area contributed by atoms with Crippen LogP contribution in [0.15, 0.2) is 15.7 Å². The van der Waals surface area contributed by atoms with Crippen molar-refractivity contribution in [2.75, 3.05) is 6.54 Å². The van der Waals surface area contributed by atoms with Crippen molar-refractivity contribution < 1.29 is 4.79 Å². The molecule has 8 nitrogen and oxygen atoms in total. The molecule has 0 radical (unpaired) electrons. The molecule has 2 rings (SSSR count). The van der Waals surface area contributed by atoms with Gasteiger partial charge in [-0.15, -0.1) is 0 Å². The van der Waals surface area contributed by atoms with Crippen LogP contribution in [0.5, 0.6) is 0 Å². The van der Waals surface area contributed by atoms with E-state index in [2.05, 4.69) is 10.4 Å². The molecule has 0 aliphatic carbocycles. The quantitative estimate of drug-likeness (QED) is 0.847. The van der Waals surface area contributed by atoms with Crippen LogP contribution in [0.3, 0.4) is 0 Å². The van der Waals surface area contributed by atoms with Gasteiger partial charge in [0.25, 0.3) is 11.5 Å². The zero-order valence-corrected chi connectivity index (χ0v) is 14.1. The predicted molar refractivity (Wildman–Crippen MR) is 86.0 cm³/mol. The minimum absolute atomic E-state index is 0.0181. The van der Waals surface area contributed by atoms with Gasteiger partial charge in [-0.1, -0.05) is 11.6 Å². The van der Waals surface area contributed by atoms with E-state index in [0.717, 1.165) is 26.6 Å². The molecule has 2 heterocycles. The number of rotatable bonds is 4. The van der Waals surface area contributed by atoms with Crippen LogP contribution in [0.25, 0.3) is 0 Å². The van der Waals surface area contributed by atoms with Gasteiger partial charge >= 0.3 is 5.69 Å². The molecule has 1 N–H and O–H groups in total. The summed E-state index contributed by atoms with van der Waals surface area (Å²) in [7, 11) is 2.80. The number of halogens is 1. The molecule has 2 aromatic heterocycles. The van der Waals surface area contributed by atoms with Gasteiger partial charge in [0.1, 0.15) is 5.69 Å². The topological polar surface area (TPSA) is 90.9 Å². The summed E-state index contributed by atoms with van der Waals surface area (Å²) < 4.78 is 3.77. The highest BCUT2D eigenvalue weighted by atomic mass is 35.5. The Balaban J connectivity index is 2.10. The maximum Gasteiger partial charge on any atom is 0.331 e. The second-order valence-electron chi connectivity index (χ2n) is 5.23. The molecule has 0 fully saturated rings. The lowest BCUT2D eigenvalue weighted by molar-refractivity contribution is 0.0941. The molecule has 0 saturated heterocycles. The molecule has 0 spiro atoms. The highest BCUT2D eigenvalue weighted by Crippen LogP contribution is 2.18. The van der Waals surface area contributed by atoms with Gasteiger partial charge in [0.05, 0.1) is 23.0 Å². The maximum atomic E-state index is 12.2. The number of aryl methyl sites for hydroxylation is 1. The summed E-state index contributed by atoms with van der Waals surface area (Å²) in [6.45, 7) is 4.37. The number of hydrogen-bond donors (Lipinski definition) is 1. The number of carbonyl (C=O) groups excluding carboxylic acids is 1. The third kappa shape index (κ3) is 3.21. The van der Waals surface area contributed by atoms with Crippen molar-refractivity contribution >= 4 is 17.5 Å². The molecule has 0 aromatic carbocycles. The number of aromatic nitrogens is 4. The Morgan fingerprint density at radius 3 is 2.48 bits per heavy atom. The SMILES string of the molecule is Cc1nn(CCNC(=O)c2cc(=O)n(C)c(=O)n2C)c(C)c1Cl. The average molecular weight is 340 g/mol. The summed E-state index contributed by atoms with van der Waals surface area (Å²) >= 11 is 6.06. The molecule has 0 unspecified atom stereocenters. The molecule has 2 aromatic rings. The van der Waals surface area contributed by atoms with E-state index < -0.39 is 17.2 Å². The number of nitrogens with one attached hydrogen (secondary N) is 1. The minimum atomic E-state index is -0.548. The van der Waals surface area contributed by atoms with E-state index in [9.17, 15) is 14.4 Å². The van der Waals surface area contributed by atoms with Crippen LogP contribution in [-0.2, 0) is 20.6 Å². The summed E-state index contributed by atoms with van der Waals surface area (Å²) in [6.07, 6.45) is 0. The van der Waals surface area contributed by atoms with Crippen molar-refractivity contribution in [3.8, 4) is 0 Å². The Labute approximate surface area is 137 Å². The zero-order valence-electron chi connectivity index (χ0n) is 13.4. The minimum Gasteiger partial charge on any atom is -0.349 e. The monoisotopic (exact) mass is 339 g/mol. The first kappa shape index (κ1) is 17.0. The second-order valence-corrected chi connectivity index (χ2v) is 5.61. The van der Waals surface area contributed by atoms with E-state index in [1.807, 2.05) is 6.92 Å². The second kappa shape index (κ2) is 6.41. The van der Waals surface area contributed by atoms with E-state index in [0.29, 0.717) is 18.1 Å². The van der Waals surface area contributed by atoms with Gasteiger partial charge < -0.3 is 5.32 Å². The fourth-order valence-corrected chi connectivity index (χ4v) is 2.34. The van der Waals surface area contributed by atoms with Crippen LogP contribution in [0.2, 0.25) is 5.02 Å². The van der Waals surface area contributed by atoms with Gasteiger partial charge in [-0.25, -0.2) is 4.79 Å². The third-order valence-electron chi connectivity index (χ3n) is 3.66. The molecule has 124 valence electrons. The van der Waals surface area contributed by atoms with E-state index in [4.69, 9.17) is 11.6 Å². The molecule has 0 atom stereocenters. The summed E-state index contributed by atoms with van der Waals surface area (Å²) in [5.41, 5.74) is 0.491. The number of amides is 1. The van der Waals surface area contributed by atoms with Crippen LogP contribution in [-0.4, -0.2) is 31.4 Å². The Kier molecular flexibility index (Phi) is 4.74. The Hall–Kier alpha value is -2.35. The first-order valence-corrected chi connectivity index (χ1v) is 7.36. The van der Waals surface area contributed by atoms with Crippen molar-refractivity contribution in [3.05, 3.63) is 49.0 Å². The largest absolute Gasteiger partial charge is 0.349 e. The van der Waals surface area contributed by atoms with Gasteiger partial charge in [0.15, 0.2) is 0 Å².